The van der Waals surface area contributed by atoms with Gasteiger partial charge in [0, 0.05) is 10.5 Å². The lowest BCUT2D eigenvalue weighted by Gasteiger charge is -2.09. The van der Waals surface area contributed by atoms with Gasteiger partial charge >= 0.3 is 5.51 Å². The fourth-order valence-corrected chi connectivity index (χ4v) is 2.68. The molecule has 0 bridgehead atoms. The van der Waals surface area contributed by atoms with Gasteiger partial charge in [-0.1, -0.05) is 19.1 Å². The topological polar surface area (TPSA) is 51.8 Å². The van der Waals surface area contributed by atoms with E-state index in [-0.39, 0.29) is 16.7 Å². The SMILES string of the molecule is CCc1nc(-c2ccc(SC(F)(F)F)cc2)nc(N)c1Br. The van der Waals surface area contributed by atoms with E-state index in [9.17, 15) is 13.2 Å². The molecule has 0 atom stereocenters. The molecule has 0 saturated heterocycles. The van der Waals surface area contributed by atoms with Crippen molar-refractivity contribution in [3.8, 4) is 11.4 Å². The lowest BCUT2D eigenvalue weighted by Crippen LogP contribution is -2.02. The molecule has 0 aliphatic heterocycles. The average molecular weight is 378 g/mol. The van der Waals surface area contributed by atoms with E-state index in [0.29, 0.717) is 28.1 Å². The van der Waals surface area contributed by atoms with E-state index in [1.807, 2.05) is 6.92 Å². The Labute approximate surface area is 132 Å². The van der Waals surface area contributed by atoms with Crippen LogP contribution < -0.4 is 5.73 Å². The summed E-state index contributed by atoms with van der Waals surface area (Å²) in [7, 11) is 0. The van der Waals surface area contributed by atoms with Crippen LogP contribution in [0.2, 0.25) is 0 Å². The van der Waals surface area contributed by atoms with Crippen molar-refractivity contribution >= 4 is 33.5 Å². The smallest absolute Gasteiger partial charge is 0.383 e. The van der Waals surface area contributed by atoms with Crippen molar-refractivity contribution in [2.75, 3.05) is 5.73 Å². The Morgan fingerprint density at radius 2 is 1.81 bits per heavy atom. The van der Waals surface area contributed by atoms with Crippen molar-refractivity contribution in [1.29, 1.82) is 0 Å². The van der Waals surface area contributed by atoms with Crippen LogP contribution in [0.25, 0.3) is 11.4 Å². The maximum Gasteiger partial charge on any atom is 0.446 e. The number of aromatic nitrogens is 2. The number of rotatable bonds is 3. The molecule has 0 saturated carbocycles. The molecule has 112 valence electrons. The van der Waals surface area contributed by atoms with Gasteiger partial charge in [-0.05, 0) is 46.2 Å². The fraction of sp³-hybridized carbons (Fsp3) is 0.231. The van der Waals surface area contributed by atoms with Gasteiger partial charge in [-0.3, -0.25) is 0 Å². The Kier molecular flexibility index (Phi) is 4.77. The fourth-order valence-electron chi connectivity index (χ4n) is 1.68. The highest BCUT2D eigenvalue weighted by Gasteiger charge is 2.29. The summed E-state index contributed by atoms with van der Waals surface area (Å²) in [5.74, 6) is 0.710. The predicted molar refractivity (Wildman–Crippen MR) is 80.9 cm³/mol. The van der Waals surface area contributed by atoms with Gasteiger partial charge < -0.3 is 5.73 Å². The third kappa shape index (κ3) is 4.10. The second-order valence-corrected chi connectivity index (χ2v) is 6.05. The molecule has 0 radical (unpaired) electrons. The second kappa shape index (κ2) is 6.23. The van der Waals surface area contributed by atoms with Gasteiger partial charge in [-0.25, -0.2) is 9.97 Å². The highest BCUT2D eigenvalue weighted by atomic mass is 79.9. The molecule has 2 rings (SSSR count). The van der Waals surface area contributed by atoms with Crippen LogP contribution in [0.5, 0.6) is 0 Å². The molecule has 1 heterocycles. The number of alkyl halides is 3. The summed E-state index contributed by atoms with van der Waals surface area (Å²) in [5.41, 5.74) is 2.88. The first-order chi connectivity index (χ1) is 9.80. The summed E-state index contributed by atoms with van der Waals surface area (Å²) in [4.78, 5) is 8.62. The molecule has 8 heteroatoms. The molecule has 0 spiro atoms. The third-order valence-electron chi connectivity index (χ3n) is 2.63. The Balaban J connectivity index is 2.33. The van der Waals surface area contributed by atoms with Crippen molar-refractivity contribution in [2.24, 2.45) is 0 Å². The minimum absolute atomic E-state index is 0.118. The summed E-state index contributed by atoms with van der Waals surface area (Å²) >= 11 is 3.16. The molecule has 1 aromatic carbocycles. The molecule has 2 N–H and O–H groups in total. The van der Waals surface area contributed by atoms with E-state index < -0.39 is 5.51 Å². The Morgan fingerprint density at radius 1 is 1.19 bits per heavy atom. The van der Waals surface area contributed by atoms with Gasteiger partial charge in [0.05, 0.1) is 10.2 Å². The summed E-state index contributed by atoms with van der Waals surface area (Å²) in [5, 5.41) is 0. The zero-order chi connectivity index (χ0) is 15.6. The molecule has 0 aliphatic rings. The van der Waals surface area contributed by atoms with Gasteiger partial charge in [0.25, 0.3) is 0 Å². The molecule has 0 unspecified atom stereocenters. The maximum atomic E-state index is 12.3. The largest absolute Gasteiger partial charge is 0.446 e. The van der Waals surface area contributed by atoms with Crippen molar-refractivity contribution in [3.63, 3.8) is 0 Å². The van der Waals surface area contributed by atoms with E-state index in [0.717, 1.165) is 5.69 Å². The molecule has 1 aromatic heterocycles. The first kappa shape index (κ1) is 16.1. The number of hydrogen-bond donors (Lipinski definition) is 1. The van der Waals surface area contributed by atoms with Gasteiger partial charge in [0.1, 0.15) is 5.82 Å². The standard InChI is InChI=1S/C13H11BrF3N3S/c1-2-9-10(14)11(18)20-12(19-9)7-3-5-8(6-4-7)21-13(15,16)17/h3-6H,2H2,1H3,(H2,18,19,20). The second-order valence-electron chi connectivity index (χ2n) is 4.12. The number of nitrogens with zero attached hydrogens (tertiary/aromatic N) is 2. The number of hydrogen-bond acceptors (Lipinski definition) is 4. The van der Waals surface area contributed by atoms with E-state index >= 15 is 0 Å². The van der Waals surface area contributed by atoms with E-state index in [1.165, 1.54) is 12.1 Å². The van der Waals surface area contributed by atoms with Crippen molar-refractivity contribution < 1.29 is 13.2 Å². The number of aryl methyl sites for hydroxylation is 1. The third-order valence-corrected chi connectivity index (χ3v) is 4.23. The lowest BCUT2D eigenvalue weighted by atomic mass is 10.2. The molecule has 2 aromatic rings. The van der Waals surface area contributed by atoms with Crippen molar-refractivity contribution in [1.82, 2.24) is 9.97 Å². The Hall–Kier alpha value is -1.28. The Morgan fingerprint density at radius 3 is 2.33 bits per heavy atom. The summed E-state index contributed by atoms with van der Waals surface area (Å²) in [6, 6.07) is 5.88. The average Bonchev–Trinajstić information content (AvgIpc) is 2.41. The molecule has 0 aliphatic carbocycles. The van der Waals surface area contributed by atoms with E-state index in [1.54, 1.807) is 12.1 Å². The van der Waals surface area contributed by atoms with E-state index in [2.05, 4.69) is 25.9 Å². The molecular formula is C13H11BrF3N3S. The summed E-state index contributed by atoms with van der Waals surface area (Å²) < 4.78 is 37.5. The van der Waals surface area contributed by atoms with Gasteiger partial charge in [-0.15, -0.1) is 0 Å². The first-order valence-electron chi connectivity index (χ1n) is 5.98. The van der Waals surface area contributed by atoms with Crippen LogP contribution in [0.15, 0.2) is 33.6 Å². The summed E-state index contributed by atoms with van der Waals surface area (Å²) in [6.07, 6.45) is 0.669. The monoisotopic (exact) mass is 377 g/mol. The molecule has 3 nitrogen and oxygen atoms in total. The van der Waals surface area contributed by atoms with E-state index in [4.69, 9.17) is 5.73 Å². The van der Waals surface area contributed by atoms with Gasteiger partial charge in [0.15, 0.2) is 5.82 Å². The highest BCUT2D eigenvalue weighted by molar-refractivity contribution is 9.10. The molecule has 0 amide bonds. The molecule has 0 fully saturated rings. The number of anilines is 1. The minimum atomic E-state index is -4.30. The zero-order valence-corrected chi connectivity index (χ0v) is 13.3. The van der Waals surface area contributed by atoms with Crippen LogP contribution in [0, 0.1) is 0 Å². The lowest BCUT2D eigenvalue weighted by molar-refractivity contribution is -0.0328. The maximum absolute atomic E-state index is 12.3. The van der Waals surface area contributed by atoms with Crippen molar-refractivity contribution in [2.45, 2.75) is 23.7 Å². The number of nitrogen functional groups attached to an aromatic ring is 1. The van der Waals surface area contributed by atoms with Crippen LogP contribution in [0.3, 0.4) is 0 Å². The summed E-state index contributed by atoms with van der Waals surface area (Å²) in [6.45, 7) is 1.93. The van der Waals surface area contributed by atoms with Crippen LogP contribution in [0.4, 0.5) is 19.0 Å². The van der Waals surface area contributed by atoms with Crippen LogP contribution in [-0.2, 0) is 6.42 Å². The quantitative estimate of drug-likeness (QED) is 0.790. The zero-order valence-electron chi connectivity index (χ0n) is 10.9. The first-order valence-corrected chi connectivity index (χ1v) is 7.59. The number of halogens is 4. The highest BCUT2D eigenvalue weighted by Crippen LogP contribution is 2.37. The minimum Gasteiger partial charge on any atom is -0.383 e. The number of nitrogens with two attached hydrogens (primary N) is 1. The van der Waals surface area contributed by atoms with Gasteiger partial charge in [0.2, 0.25) is 0 Å². The van der Waals surface area contributed by atoms with Crippen LogP contribution in [0.1, 0.15) is 12.6 Å². The predicted octanol–water partition coefficient (Wildman–Crippen LogP) is 4.66. The van der Waals surface area contributed by atoms with Crippen LogP contribution in [-0.4, -0.2) is 15.5 Å². The van der Waals surface area contributed by atoms with Crippen molar-refractivity contribution in [3.05, 3.63) is 34.4 Å². The normalized spacial score (nSPS) is 11.7. The van der Waals surface area contributed by atoms with Crippen LogP contribution >= 0.6 is 27.7 Å². The van der Waals surface area contributed by atoms with Gasteiger partial charge in [-0.2, -0.15) is 13.2 Å². The Bertz CT molecular complexity index is 644. The molecular weight excluding hydrogens is 367 g/mol. The molecule has 21 heavy (non-hydrogen) atoms. The number of benzene rings is 1. The number of thioether (sulfide) groups is 1.